The number of rotatable bonds is 5. The van der Waals surface area contributed by atoms with Gasteiger partial charge in [0.25, 0.3) is 0 Å². The van der Waals surface area contributed by atoms with Gasteiger partial charge in [0.1, 0.15) is 11.9 Å². The number of amides is 2. The zero-order chi connectivity index (χ0) is 14.4. The number of hydrogen-bond acceptors (Lipinski definition) is 3. The monoisotopic (exact) mass is 280 g/mol. The normalized spacial score (nSPS) is 17.8. The Kier molecular flexibility index (Phi) is 5.06. The van der Waals surface area contributed by atoms with Gasteiger partial charge in [-0.2, -0.15) is 0 Å². The highest BCUT2D eigenvalue weighted by molar-refractivity contribution is 5.86. The number of benzene rings is 1. The lowest BCUT2D eigenvalue weighted by molar-refractivity contribution is -0.132. The predicted octanol–water partition coefficient (Wildman–Crippen LogP) is 0.737. The molecule has 1 heterocycles. The molecule has 5 nitrogen and oxygen atoms in total. The lowest BCUT2D eigenvalue weighted by atomic mass is 10.2. The van der Waals surface area contributed by atoms with Crippen molar-refractivity contribution < 1.29 is 18.7 Å². The van der Waals surface area contributed by atoms with Crippen molar-refractivity contribution in [2.24, 2.45) is 0 Å². The van der Waals surface area contributed by atoms with Gasteiger partial charge < -0.3 is 15.4 Å². The fourth-order valence-corrected chi connectivity index (χ4v) is 1.96. The Bertz CT molecular complexity index is 487. The molecule has 0 aromatic heterocycles. The maximum absolute atomic E-state index is 13.3. The lowest BCUT2D eigenvalue weighted by Gasteiger charge is -2.10. The average Bonchev–Trinajstić information content (AvgIpc) is 2.98. The SMILES string of the molecule is O=C(CNC(=O)C1CCCO1)NCc1ccccc1F. The second-order valence-corrected chi connectivity index (χ2v) is 4.59. The van der Waals surface area contributed by atoms with Crippen LogP contribution in [0.2, 0.25) is 0 Å². The quantitative estimate of drug-likeness (QED) is 0.836. The Labute approximate surface area is 116 Å². The Balaban J connectivity index is 1.70. The molecule has 6 heteroatoms. The highest BCUT2D eigenvalue weighted by Gasteiger charge is 2.23. The molecule has 108 valence electrons. The van der Waals surface area contributed by atoms with Crippen molar-refractivity contribution in [3.05, 3.63) is 35.6 Å². The summed E-state index contributed by atoms with van der Waals surface area (Å²) in [5.74, 6) is -1.00. The second-order valence-electron chi connectivity index (χ2n) is 4.59. The highest BCUT2D eigenvalue weighted by Crippen LogP contribution is 2.11. The predicted molar refractivity (Wildman–Crippen MR) is 70.2 cm³/mol. The highest BCUT2D eigenvalue weighted by atomic mass is 19.1. The van der Waals surface area contributed by atoms with E-state index in [2.05, 4.69) is 10.6 Å². The van der Waals surface area contributed by atoms with Crippen molar-refractivity contribution in [1.29, 1.82) is 0 Å². The maximum Gasteiger partial charge on any atom is 0.249 e. The van der Waals surface area contributed by atoms with E-state index in [9.17, 15) is 14.0 Å². The van der Waals surface area contributed by atoms with Crippen molar-refractivity contribution in [2.75, 3.05) is 13.2 Å². The van der Waals surface area contributed by atoms with Crippen molar-refractivity contribution in [3.8, 4) is 0 Å². The van der Waals surface area contributed by atoms with Crippen LogP contribution in [0.5, 0.6) is 0 Å². The van der Waals surface area contributed by atoms with Crippen LogP contribution in [0.15, 0.2) is 24.3 Å². The van der Waals surface area contributed by atoms with E-state index < -0.39 is 6.10 Å². The molecule has 2 N–H and O–H groups in total. The molecule has 1 aliphatic heterocycles. The summed E-state index contributed by atoms with van der Waals surface area (Å²) in [7, 11) is 0. The van der Waals surface area contributed by atoms with Crippen LogP contribution in [-0.4, -0.2) is 31.1 Å². The first kappa shape index (κ1) is 14.5. The van der Waals surface area contributed by atoms with Crippen LogP contribution in [0.1, 0.15) is 18.4 Å². The van der Waals surface area contributed by atoms with Crippen LogP contribution in [0.25, 0.3) is 0 Å². The molecule has 2 rings (SSSR count). The summed E-state index contributed by atoms with van der Waals surface area (Å²) in [6.07, 6.45) is 1.09. The minimum absolute atomic E-state index is 0.0985. The molecule has 1 aliphatic rings. The molecule has 2 amide bonds. The summed E-state index contributed by atoms with van der Waals surface area (Å²) in [4.78, 5) is 23.2. The third-order valence-corrected chi connectivity index (χ3v) is 3.08. The Morgan fingerprint density at radius 1 is 1.30 bits per heavy atom. The van der Waals surface area contributed by atoms with Gasteiger partial charge in [-0.15, -0.1) is 0 Å². The largest absolute Gasteiger partial charge is 0.368 e. The Hall–Kier alpha value is -1.95. The van der Waals surface area contributed by atoms with E-state index in [1.54, 1.807) is 18.2 Å². The molecule has 1 aromatic rings. The molecule has 1 fully saturated rings. The molecule has 1 aromatic carbocycles. The molecule has 1 unspecified atom stereocenters. The van der Waals surface area contributed by atoms with Gasteiger partial charge in [-0.25, -0.2) is 4.39 Å². The lowest BCUT2D eigenvalue weighted by Crippen LogP contribution is -2.41. The standard InChI is InChI=1S/C14H17FN2O3/c15-11-5-2-1-4-10(11)8-16-13(18)9-17-14(19)12-6-3-7-20-12/h1-2,4-5,12H,3,6-9H2,(H,16,18)(H,17,19). The van der Waals surface area contributed by atoms with E-state index in [0.717, 1.165) is 6.42 Å². The van der Waals surface area contributed by atoms with E-state index in [4.69, 9.17) is 4.74 Å². The molecule has 0 bridgehead atoms. The summed E-state index contributed by atoms with van der Waals surface area (Å²) < 4.78 is 18.5. The number of ether oxygens (including phenoxy) is 1. The first-order valence-electron chi connectivity index (χ1n) is 6.56. The summed E-state index contributed by atoms with van der Waals surface area (Å²) in [5.41, 5.74) is 0.409. The number of hydrogen-bond donors (Lipinski definition) is 2. The molecule has 0 saturated carbocycles. The molecular weight excluding hydrogens is 263 g/mol. The molecule has 1 atom stereocenters. The Morgan fingerprint density at radius 2 is 2.10 bits per heavy atom. The van der Waals surface area contributed by atoms with Gasteiger partial charge in [0.05, 0.1) is 6.54 Å². The first-order valence-corrected chi connectivity index (χ1v) is 6.56. The van der Waals surface area contributed by atoms with Crippen LogP contribution in [0, 0.1) is 5.82 Å². The summed E-state index contributed by atoms with van der Waals surface area (Å²) >= 11 is 0. The maximum atomic E-state index is 13.3. The third-order valence-electron chi connectivity index (χ3n) is 3.08. The van der Waals surface area contributed by atoms with Crippen LogP contribution in [0.4, 0.5) is 4.39 Å². The number of carbonyl (C=O) groups excluding carboxylic acids is 2. The molecular formula is C14H17FN2O3. The van der Waals surface area contributed by atoms with Gasteiger partial charge in [0, 0.05) is 18.7 Å². The van der Waals surface area contributed by atoms with E-state index in [1.807, 2.05) is 0 Å². The molecule has 0 aliphatic carbocycles. The zero-order valence-corrected chi connectivity index (χ0v) is 11.0. The average molecular weight is 280 g/mol. The van der Waals surface area contributed by atoms with Gasteiger partial charge in [0.15, 0.2) is 0 Å². The molecule has 0 radical (unpaired) electrons. The fraction of sp³-hybridized carbons (Fsp3) is 0.429. The van der Waals surface area contributed by atoms with Crippen molar-refractivity contribution in [1.82, 2.24) is 10.6 Å². The van der Waals surface area contributed by atoms with Crippen molar-refractivity contribution in [2.45, 2.75) is 25.5 Å². The van der Waals surface area contributed by atoms with Gasteiger partial charge in [-0.05, 0) is 18.9 Å². The van der Waals surface area contributed by atoms with E-state index in [0.29, 0.717) is 18.6 Å². The van der Waals surface area contributed by atoms with Crippen molar-refractivity contribution in [3.63, 3.8) is 0 Å². The summed E-state index contributed by atoms with van der Waals surface area (Å²) in [6, 6.07) is 6.22. The number of halogens is 1. The van der Waals surface area contributed by atoms with Gasteiger partial charge in [0.2, 0.25) is 11.8 Å². The van der Waals surface area contributed by atoms with Crippen LogP contribution in [0.3, 0.4) is 0 Å². The third kappa shape index (κ3) is 4.03. The van der Waals surface area contributed by atoms with Crippen LogP contribution in [-0.2, 0) is 20.9 Å². The van der Waals surface area contributed by atoms with Crippen molar-refractivity contribution >= 4 is 11.8 Å². The van der Waals surface area contributed by atoms with Gasteiger partial charge in [-0.1, -0.05) is 18.2 Å². The summed E-state index contributed by atoms with van der Waals surface area (Å²) in [5, 5.41) is 5.06. The smallest absolute Gasteiger partial charge is 0.249 e. The minimum atomic E-state index is -0.450. The Morgan fingerprint density at radius 3 is 2.80 bits per heavy atom. The minimum Gasteiger partial charge on any atom is -0.368 e. The molecule has 1 saturated heterocycles. The van der Waals surface area contributed by atoms with Crippen LogP contribution >= 0.6 is 0 Å². The topological polar surface area (TPSA) is 67.4 Å². The van der Waals surface area contributed by atoms with E-state index in [1.165, 1.54) is 6.07 Å². The van der Waals surface area contributed by atoms with Gasteiger partial charge in [-0.3, -0.25) is 9.59 Å². The van der Waals surface area contributed by atoms with Crippen LogP contribution < -0.4 is 10.6 Å². The first-order chi connectivity index (χ1) is 9.66. The molecule has 20 heavy (non-hydrogen) atoms. The second kappa shape index (κ2) is 7.00. The van der Waals surface area contributed by atoms with E-state index >= 15 is 0 Å². The summed E-state index contributed by atoms with van der Waals surface area (Å²) in [6.45, 7) is 0.548. The van der Waals surface area contributed by atoms with Gasteiger partial charge >= 0.3 is 0 Å². The zero-order valence-electron chi connectivity index (χ0n) is 11.0. The molecule has 0 spiro atoms. The number of nitrogens with one attached hydrogen (secondary N) is 2. The number of carbonyl (C=O) groups is 2. The van der Waals surface area contributed by atoms with E-state index in [-0.39, 0.29) is 30.7 Å². The fourth-order valence-electron chi connectivity index (χ4n) is 1.96.